The highest BCUT2D eigenvalue weighted by molar-refractivity contribution is 8.00. The maximum Gasteiger partial charge on any atom is 0.306 e. The maximum absolute atomic E-state index is 13.1. The van der Waals surface area contributed by atoms with Crippen molar-refractivity contribution < 1.29 is 19.1 Å². The topological polar surface area (TPSA) is 66.9 Å². The van der Waals surface area contributed by atoms with E-state index in [2.05, 4.69) is 0 Å². The zero-order valence-corrected chi connectivity index (χ0v) is 17.6. The van der Waals surface area contributed by atoms with Crippen LogP contribution in [-0.2, 0) is 14.3 Å². The van der Waals surface area contributed by atoms with Gasteiger partial charge in [0.15, 0.2) is 0 Å². The van der Waals surface area contributed by atoms with Crippen LogP contribution in [-0.4, -0.2) is 64.4 Å². The molecule has 2 heterocycles. The normalized spacial score (nSPS) is 18.4. The van der Waals surface area contributed by atoms with Crippen molar-refractivity contribution in [1.29, 1.82) is 0 Å². The molecule has 2 saturated heterocycles. The summed E-state index contributed by atoms with van der Waals surface area (Å²) < 4.78 is 4.88. The van der Waals surface area contributed by atoms with Crippen LogP contribution < -0.4 is 0 Å². The molecule has 8 heteroatoms. The first-order valence-corrected chi connectivity index (χ1v) is 11.0. The first-order chi connectivity index (χ1) is 13.5. The van der Waals surface area contributed by atoms with Crippen molar-refractivity contribution in [3.8, 4) is 0 Å². The van der Waals surface area contributed by atoms with Gasteiger partial charge in [0, 0.05) is 31.8 Å². The van der Waals surface area contributed by atoms with Gasteiger partial charge in [0.2, 0.25) is 5.91 Å². The number of esters is 1. The van der Waals surface area contributed by atoms with Crippen molar-refractivity contribution in [1.82, 2.24) is 9.80 Å². The molecule has 0 atom stereocenters. The van der Waals surface area contributed by atoms with Crippen molar-refractivity contribution >= 4 is 41.1 Å². The molecule has 0 N–H and O–H groups in total. The van der Waals surface area contributed by atoms with E-state index < -0.39 is 0 Å². The summed E-state index contributed by atoms with van der Waals surface area (Å²) in [6.07, 6.45) is 1.72. The molecule has 152 valence electrons. The maximum atomic E-state index is 13.1. The van der Waals surface area contributed by atoms with Gasteiger partial charge in [0.25, 0.3) is 5.91 Å². The molecule has 1 aromatic carbocycles. The smallest absolute Gasteiger partial charge is 0.306 e. The molecular weight excluding hydrogens is 400 g/mol. The zero-order chi connectivity index (χ0) is 20.1. The Hall–Kier alpha value is -1.73. The highest BCUT2D eigenvalue weighted by atomic mass is 35.5. The second-order valence-electron chi connectivity index (χ2n) is 6.92. The van der Waals surface area contributed by atoms with Crippen molar-refractivity contribution in [3.63, 3.8) is 0 Å². The molecule has 0 saturated carbocycles. The fraction of sp³-hybridized carbons (Fsp3) is 0.550. The predicted octanol–water partition coefficient (Wildman–Crippen LogP) is 3.19. The third-order valence-electron chi connectivity index (χ3n) is 5.27. The van der Waals surface area contributed by atoms with Gasteiger partial charge in [0.1, 0.15) is 0 Å². The molecule has 6 nitrogen and oxygen atoms in total. The number of halogens is 1. The molecular formula is C20H25ClN2O4S. The van der Waals surface area contributed by atoms with Gasteiger partial charge in [0.05, 0.1) is 28.5 Å². The van der Waals surface area contributed by atoms with Crippen LogP contribution in [0.3, 0.4) is 0 Å². The third-order valence-corrected chi connectivity index (χ3v) is 7.15. The number of carbonyl (C=O) groups is 3. The van der Waals surface area contributed by atoms with Crippen molar-refractivity contribution in [2.75, 3.05) is 32.0 Å². The summed E-state index contributed by atoms with van der Waals surface area (Å²) in [5.74, 6) is 0.465. The van der Waals surface area contributed by atoms with Gasteiger partial charge in [-0.15, -0.1) is 11.8 Å². The second kappa shape index (κ2) is 9.18. The first kappa shape index (κ1) is 21.0. The van der Waals surface area contributed by atoms with Crippen LogP contribution in [0.25, 0.3) is 0 Å². The van der Waals surface area contributed by atoms with Crippen molar-refractivity contribution in [3.05, 3.63) is 34.9 Å². The molecule has 2 amide bonds. The Morgan fingerprint density at radius 1 is 1.14 bits per heavy atom. The summed E-state index contributed by atoms with van der Waals surface area (Å²) in [6, 6.07) is 7.12. The lowest BCUT2D eigenvalue weighted by Gasteiger charge is -2.44. The third kappa shape index (κ3) is 4.46. The number of carbonyl (C=O) groups excluding carboxylic acids is 3. The number of rotatable bonds is 5. The van der Waals surface area contributed by atoms with Crippen molar-refractivity contribution in [2.24, 2.45) is 0 Å². The largest absolute Gasteiger partial charge is 0.466 e. The lowest BCUT2D eigenvalue weighted by atomic mass is 10.0. The molecule has 0 aromatic heterocycles. The fourth-order valence-corrected chi connectivity index (χ4v) is 5.47. The highest BCUT2D eigenvalue weighted by Gasteiger charge is 2.47. The van der Waals surface area contributed by atoms with E-state index in [1.807, 2.05) is 17.0 Å². The fourth-order valence-electron chi connectivity index (χ4n) is 3.80. The van der Waals surface area contributed by atoms with Crippen LogP contribution in [0.4, 0.5) is 0 Å². The highest BCUT2D eigenvalue weighted by Crippen LogP contribution is 2.45. The van der Waals surface area contributed by atoms with E-state index in [4.69, 9.17) is 16.3 Å². The van der Waals surface area contributed by atoms with E-state index in [1.54, 1.807) is 35.7 Å². The average molecular weight is 425 g/mol. The molecule has 28 heavy (non-hydrogen) atoms. The Morgan fingerprint density at radius 3 is 2.54 bits per heavy atom. The van der Waals surface area contributed by atoms with Crippen LogP contribution >= 0.6 is 23.4 Å². The molecule has 2 fully saturated rings. The van der Waals surface area contributed by atoms with Crippen LogP contribution in [0.15, 0.2) is 24.3 Å². The van der Waals surface area contributed by atoms with Gasteiger partial charge in [-0.25, -0.2) is 0 Å². The molecule has 0 radical (unpaired) electrons. The predicted molar refractivity (Wildman–Crippen MR) is 109 cm³/mol. The Kier molecular flexibility index (Phi) is 6.88. The Labute approximate surface area is 174 Å². The molecule has 3 rings (SSSR count). The Bertz CT molecular complexity index is 749. The molecule has 2 aliphatic heterocycles. The van der Waals surface area contributed by atoms with E-state index in [9.17, 15) is 14.4 Å². The number of benzene rings is 1. The number of nitrogens with zero attached hydrogens (tertiary/aromatic N) is 2. The monoisotopic (exact) mass is 424 g/mol. The molecule has 0 aliphatic carbocycles. The van der Waals surface area contributed by atoms with E-state index in [0.29, 0.717) is 36.8 Å². The summed E-state index contributed by atoms with van der Waals surface area (Å²) in [5.41, 5.74) is 0.527. The van der Waals surface area contributed by atoms with Gasteiger partial charge in [-0.1, -0.05) is 23.7 Å². The van der Waals surface area contributed by atoms with Crippen LogP contribution in [0.1, 0.15) is 43.0 Å². The summed E-state index contributed by atoms with van der Waals surface area (Å²) in [7, 11) is 0. The molecule has 1 aromatic rings. The average Bonchev–Trinajstić information content (AvgIpc) is 3.10. The van der Waals surface area contributed by atoms with Crippen LogP contribution in [0.5, 0.6) is 0 Å². The number of ether oxygens (including phenoxy) is 1. The van der Waals surface area contributed by atoms with E-state index >= 15 is 0 Å². The summed E-state index contributed by atoms with van der Waals surface area (Å²) in [4.78, 5) is 40.4. The minimum absolute atomic E-state index is 0.0325. The van der Waals surface area contributed by atoms with E-state index in [1.165, 1.54) is 0 Å². The first-order valence-electron chi connectivity index (χ1n) is 9.61. The number of thioether (sulfide) groups is 1. The summed E-state index contributed by atoms with van der Waals surface area (Å²) in [6.45, 7) is 3.93. The van der Waals surface area contributed by atoms with Gasteiger partial charge in [-0.2, -0.15) is 0 Å². The number of hydrogen-bond donors (Lipinski definition) is 0. The minimum atomic E-state index is -0.341. The van der Waals surface area contributed by atoms with Crippen molar-refractivity contribution in [2.45, 2.75) is 37.5 Å². The number of hydrogen-bond acceptors (Lipinski definition) is 5. The SMILES string of the molecule is CCOC(=O)CCC(=O)N1CCC2(CC1)SCCN2C(=O)c1ccccc1Cl. The second-order valence-corrected chi connectivity index (χ2v) is 8.78. The standard InChI is InChI=1S/C20H25ClN2O4S/c1-2-27-18(25)8-7-17(24)22-11-9-20(10-12-22)23(13-14-28-20)19(26)15-5-3-4-6-16(15)21/h3-6H,2,7-14H2,1H3. The van der Waals surface area contributed by atoms with Crippen LogP contribution in [0.2, 0.25) is 5.02 Å². The molecule has 2 aliphatic rings. The van der Waals surface area contributed by atoms with Gasteiger partial charge in [-0.3, -0.25) is 14.4 Å². The van der Waals surface area contributed by atoms with E-state index in [-0.39, 0.29) is 35.5 Å². The summed E-state index contributed by atoms with van der Waals surface area (Å²) >= 11 is 8.02. The van der Waals surface area contributed by atoms with Crippen LogP contribution in [0, 0.1) is 0 Å². The molecule has 0 bridgehead atoms. The van der Waals surface area contributed by atoms with Gasteiger partial charge >= 0.3 is 5.97 Å². The number of amides is 2. The van der Waals surface area contributed by atoms with Gasteiger partial charge in [-0.05, 0) is 31.9 Å². The van der Waals surface area contributed by atoms with Gasteiger partial charge < -0.3 is 14.5 Å². The zero-order valence-electron chi connectivity index (χ0n) is 16.0. The quantitative estimate of drug-likeness (QED) is 0.679. The Morgan fingerprint density at radius 2 is 1.86 bits per heavy atom. The lowest BCUT2D eigenvalue weighted by Crippen LogP contribution is -2.53. The Balaban J connectivity index is 1.60. The molecule has 0 unspecified atom stereocenters. The number of likely N-dealkylation sites (tertiary alicyclic amines) is 1. The summed E-state index contributed by atoms with van der Waals surface area (Å²) in [5, 5.41) is 0.464. The lowest BCUT2D eigenvalue weighted by molar-refractivity contribution is -0.146. The minimum Gasteiger partial charge on any atom is -0.466 e. The molecule has 1 spiro atoms. The number of piperidine rings is 1. The van der Waals surface area contributed by atoms with E-state index in [0.717, 1.165) is 18.6 Å².